The van der Waals surface area contributed by atoms with E-state index >= 15 is 0 Å². The predicted molar refractivity (Wildman–Crippen MR) is 111 cm³/mol. The fraction of sp³-hybridized carbons (Fsp3) is 0.263. The number of nitrogens with one attached hydrogen (secondary N) is 1. The van der Waals surface area contributed by atoms with E-state index in [1.54, 1.807) is 36.4 Å². The summed E-state index contributed by atoms with van der Waals surface area (Å²) in [7, 11) is -3.55. The Kier molecular flexibility index (Phi) is 5.80. The lowest BCUT2D eigenvalue weighted by atomic mass is 10.2. The van der Waals surface area contributed by atoms with E-state index in [0.29, 0.717) is 29.6 Å². The average molecular weight is 447 g/mol. The van der Waals surface area contributed by atoms with Crippen LogP contribution in [0.15, 0.2) is 53.4 Å². The van der Waals surface area contributed by atoms with Gasteiger partial charge < -0.3 is 5.32 Å². The first-order valence-electron chi connectivity index (χ1n) is 9.36. The van der Waals surface area contributed by atoms with Gasteiger partial charge in [-0.2, -0.15) is 9.10 Å². The van der Waals surface area contributed by atoms with Gasteiger partial charge in [0.1, 0.15) is 6.54 Å². The second kappa shape index (κ2) is 8.50. The van der Waals surface area contributed by atoms with Gasteiger partial charge in [0, 0.05) is 29.4 Å². The Hall–Kier alpha value is -2.82. The zero-order chi connectivity index (χ0) is 21.1. The van der Waals surface area contributed by atoms with Crippen molar-refractivity contribution < 1.29 is 13.2 Å². The van der Waals surface area contributed by atoms with Crippen LogP contribution in [-0.2, 0) is 21.4 Å². The lowest BCUT2D eigenvalue weighted by Crippen LogP contribution is -2.28. The van der Waals surface area contributed by atoms with Crippen LogP contribution in [0.2, 0.25) is 5.02 Å². The molecule has 1 aliphatic heterocycles. The van der Waals surface area contributed by atoms with Crippen molar-refractivity contribution in [3.8, 4) is 11.4 Å². The van der Waals surface area contributed by atoms with Gasteiger partial charge in [-0.1, -0.05) is 17.7 Å². The van der Waals surface area contributed by atoms with E-state index in [2.05, 4.69) is 20.7 Å². The Labute approximate surface area is 178 Å². The topological polar surface area (TPSA) is 110 Å². The van der Waals surface area contributed by atoms with Gasteiger partial charge >= 0.3 is 0 Å². The minimum Gasteiger partial charge on any atom is -0.324 e. The summed E-state index contributed by atoms with van der Waals surface area (Å²) in [6, 6.07) is 13.2. The summed E-state index contributed by atoms with van der Waals surface area (Å²) >= 11 is 5.87. The average Bonchev–Trinajstić information content (AvgIpc) is 3.41. The summed E-state index contributed by atoms with van der Waals surface area (Å²) in [6.45, 7) is 0.878. The summed E-state index contributed by atoms with van der Waals surface area (Å²) in [4.78, 5) is 13.7. The standard InChI is InChI=1S/C19H19ClN6O3S/c20-15-8-6-14(7-9-15)19-22-24-26(23-19)13-18(27)21-16-4-3-5-17(12-16)30(28,29)25-10-1-2-11-25/h3-9,12H,1-2,10-11,13H2,(H,21,27). The summed E-state index contributed by atoms with van der Waals surface area (Å²) in [6.07, 6.45) is 1.72. The molecule has 11 heteroatoms. The van der Waals surface area contributed by atoms with Crippen molar-refractivity contribution in [1.82, 2.24) is 24.5 Å². The van der Waals surface area contributed by atoms with Crippen LogP contribution in [0, 0.1) is 0 Å². The van der Waals surface area contributed by atoms with Crippen LogP contribution < -0.4 is 5.32 Å². The molecule has 30 heavy (non-hydrogen) atoms. The zero-order valence-corrected chi connectivity index (χ0v) is 17.5. The molecule has 156 valence electrons. The maximum atomic E-state index is 12.7. The second-order valence-corrected chi connectivity index (χ2v) is 9.21. The molecule has 1 amide bonds. The third-order valence-corrected chi connectivity index (χ3v) is 6.81. The smallest absolute Gasteiger partial charge is 0.248 e. The van der Waals surface area contributed by atoms with Gasteiger partial charge in [-0.25, -0.2) is 8.42 Å². The van der Waals surface area contributed by atoms with E-state index < -0.39 is 15.9 Å². The fourth-order valence-electron chi connectivity index (χ4n) is 3.17. The number of anilines is 1. The van der Waals surface area contributed by atoms with E-state index in [9.17, 15) is 13.2 Å². The van der Waals surface area contributed by atoms with Crippen molar-refractivity contribution in [2.75, 3.05) is 18.4 Å². The van der Waals surface area contributed by atoms with Gasteiger partial charge in [0.2, 0.25) is 21.8 Å². The number of hydrogen-bond acceptors (Lipinski definition) is 6. The Morgan fingerprint density at radius 1 is 1.10 bits per heavy atom. The number of halogens is 1. The van der Waals surface area contributed by atoms with Crippen molar-refractivity contribution in [2.45, 2.75) is 24.3 Å². The molecular formula is C19H19ClN6O3S. The van der Waals surface area contributed by atoms with E-state index in [4.69, 9.17) is 11.6 Å². The number of carbonyl (C=O) groups is 1. The normalized spacial score (nSPS) is 14.7. The Balaban J connectivity index is 1.43. The van der Waals surface area contributed by atoms with E-state index in [1.807, 2.05) is 0 Å². The van der Waals surface area contributed by atoms with Crippen molar-refractivity contribution in [2.24, 2.45) is 0 Å². The first-order valence-corrected chi connectivity index (χ1v) is 11.2. The van der Waals surface area contributed by atoms with Crippen LogP contribution in [0.5, 0.6) is 0 Å². The SMILES string of the molecule is O=C(Cn1nnc(-c2ccc(Cl)cc2)n1)Nc1cccc(S(=O)(=O)N2CCCC2)c1. The number of aromatic nitrogens is 4. The first-order chi connectivity index (χ1) is 14.4. The second-order valence-electron chi connectivity index (χ2n) is 6.84. The Bertz CT molecular complexity index is 1160. The molecule has 3 aromatic rings. The molecule has 2 heterocycles. The lowest BCUT2D eigenvalue weighted by Gasteiger charge is -2.16. The quantitative estimate of drug-likeness (QED) is 0.622. The first kappa shape index (κ1) is 20.5. The number of rotatable bonds is 6. The van der Waals surface area contributed by atoms with Gasteiger partial charge in [-0.05, 0) is 60.5 Å². The van der Waals surface area contributed by atoms with Crippen molar-refractivity contribution in [3.63, 3.8) is 0 Å². The fourth-order valence-corrected chi connectivity index (χ4v) is 4.86. The van der Waals surface area contributed by atoms with Gasteiger partial charge in [0.15, 0.2) is 0 Å². The molecule has 1 aliphatic rings. The highest BCUT2D eigenvalue weighted by molar-refractivity contribution is 7.89. The molecule has 0 radical (unpaired) electrons. The van der Waals surface area contributed by atoms with Crippen molar-refractivity contribution >= 4 is 33.2 Å². The molecule has 1 aromatic heterocycles. The number of tetrazole rings is 1. The molecule has 1 fully saturated rings. The highest BCUT2D eigenvalue weighted by Crippen LogP contribution is 2.23. The van der Waals surface area contributed by atoms with Gasteiger partial charge in [-0.3, -0.25) is 4.79 Å². The molecule has 0 bridgehead atoms. The molecule has 1 saturated heterocycles. The summed E-state index contributed by atoms with van der Waals surface area (Å²) in [5, 5.41) is 15.3. The largest absolute Gasteiger partial charge is 0.324 e. The summed E-state index contributed by atoms with van der Waals surface area (Å²) in [5.74, 6) is -0.0241. The molecule has 1 N–H and O–H groups in total. The molecule has 0 spiro atoms. The molecule has 4 rings (SSSR count). The molecular weight excluding hydrogens is 428 g/mol. The van der Waals surface area contributed by atoms with Crippen LogP contribution >= 0.6 is 11.6 Å². The number of amides is 1. The van der Waals surface area contributed by atoms with Crippen LogP contribution in [0.4, 0.5) is 5.69 Å². The van der Waals surface area contributed by atoms with Crippen LogP contribution in [0.3, 0.4) is 0 Å². The number of hydrogen-bond donors (Lipinski definition) is 1. The Morgan fingerprint density at radius 2 is 1.83 bits per heavy atom. The monoisotopic (exact) mass is 446 g/mol. The van der Waals surface area contributed by atoms with Gasteiger partial charge in [-0.15, -0.1) is 10.2 Å². The molecule has 9 nitrogen and oxygen atoms in total. The number of benzene rings is 2. The molecule has 2 aromatic carbocycles. The third kappa shape index (κ3) is 4.50. The van der Waals surface area contributed by atoms with Gasteiger partial charge in [0.05, 0.1) is 4.90 Å². The molecule has 0 aliphatic carbocycles. The van der Waals surface area contributed by atoms with Crippen molar-refractivity contribution in [3.05, 3.63) is 53.6 Å². The van der Waals surface area contributed by atoms with E-state index in [0.717, 1.165) is 18.4 Å². The minimum absolute atomic E-state index is 0.158. The van der Waals surface area contributed by atoms with Gasteiger partial charge in [0.25, 0.3) is 0 Å². The summed E-state index contributed by atoms with van der Waals surface area (Å²) < 4.78 is 26.9. The van der Waals surface area contributed by atoms with Crippen LogP contribution in [0.1, 0.15) is 12.8 Å². The van der Waals surface area contributed by atoms with Crippen molar-refractivity contribution in [1.29, 1.82) is 0 Å². The third-order valence-electron chi connectivity index (χ3n) is 4.66. The van der Waals surface area contributed by atoms with E-state index in [1.165, 1.54) is 21.2 Å². The molecule has 0 saturated carbocycles. The van der Waals surface area contributed by atoms with Crippen LogP contribution in [0.25, 0.3) is 11.4 Å². The number of sulfonamides is 1. The maximum absolute atomic E-state index is 12.7. The highest BCUT2D eigenvalue weighted by Gasteiger charge is 2.27. The summed E-state index contributed by atoms with van der Waals surface area (Å²) in [5.41, 5.74) is 1.11. The van der Waals surface area contributed by atoms with Crippen LogP contribution in [-0.4, -0.2) is 51.9 Å². The maximum Gasteiger partial charge on any atom is 0.248 e. The van der Waals surface area contributed by atoms with E-state index in [-0.39, 0.29) is 11.4 Å². The predicted octanol–water partition coefficient (Wildman–Crippen LogP) is 2.42. The Morgan fingerprint density at radius 3 is 2.57 bits per heavy atom. The lowest BCUT2D eigenvalue weighted by molar-refractivity contribution is -0.117. The number of carbonyl (C=O) groups excluding carboxylic acids is 1. The number of nitrogens with zero attached hydrogens (tertiary/aromatic N) is 5. The zero-order valence-electron chi connectivity index (χ0n) is 15.9. The minimum atomic E-state index is -3.55. The highest BCUT2D eigenvalue weighted by atomic mass is 35.5. The molecule has 0 atom stereocenters. The molecule has 0 unspecified atom stereocenters.